The Hall–Kier alpha value is -0.650. The van der Waals surface area contributed by atoms with E-state index in [0.29, 0.717) is 19.8 Å². The number of aliphatic hydroxyl groups excluding tert-OH is 1. The maximum Gasteiger partial charge on any atom is 0.223 e. The van der Waals surface area contributed by atoms with Crippen LogP contribution in [0.5, 0.6) is 0 Å². The van der Waals surface area contributed by atoms with Gasteiger partial charge in [-0.25, -0.2) is 0 Å². The molecule has 1 saturated carbocycles. The van der Waals surface area contributed by atoms with Gasteiger partial charge in [-0.1, -0.05) is 0 Å². The smallest absolute Gasteiger partial charge is 0.223 e. The van der Waals surface area contributed by atoms with Crippen molar-refractivity contribution < 1.29 is 14.6 Å². The molecule has 1 aliphatic carbocycles. The molecule has 4 N–H and O–H groups in total. The quantitative estimate of drug-likeness (QED) is 0.551. The number of ether oxygens (including phenoxy) is 1. The van der Waals surface area contributed by atoms with Crippen LogP contribution >= 0.6 is 0 Å². The van der Waals surface area contributed by atoms with E-state index in [-0.39, 0.29) is 24.5 Å². The van der Waals surface area contributed by atoms with Crippen LogP contribution in [0.4, 0.5) is 0 Å². The monoisotopic (exact) mass is 244 g/mol. The summed E-state index contributed by atoms with van der Waals surface area (Å²) in [6.07, 6.45) is 4.52. The van der Waals surface area contributed by atoms with Crippen molar-refractivity contribution in [2.45, 2.75) is 38.1 Å². The second-order valence-corrected chi connectivity index (χ2v) is 4.59. The van der Waals surface area contributed by atoms with Gasteiger partial charge in [0.15, 0.2) is 0 Å². The lowest BCUT2D eigenvalue weighted by molar-refractivity contribution is -0.126. The molecule has 0 heterocycles. The zero-order valence-corrected chi connectivity index (χ0v) is 10.4. The van der Waals surface area contributed by atoms with E-state index in [0.717, 1.165) is 32.1 Å². The van der Waals surface area contributed by atoms with E-state index in [1.54, 1.807) is 0 Å². The van der Waals surface area contributed by atoms with Crippen molar-refractivity contribution in [3.8, 4) is 0 Å². The first-order valence-corrected chi connectivity index (χ1v) is 6.46. The Morgan fingerprint density at radius 3 is 2.65 bits per heavy atom. The molecule has 5 heteroatoms. The molecule has 1 rings (SSSR count). The molecule has 17 heavy (non-hydrogen) atoms. The fourth-order valence-corrected chi connectivity index (χ4v) is 2.08. The molecular weight excluding hydrogens is 220 g/mol. The van der Waals surface area contributed by atoms with Crippen LogP contribution in [-0.4, -0.2) is 43.4 Å². The van der Waals surface area contributed by atoms with E-state index in [1.807, 2.05) is 0 Å². The first kappa shape index (κ1) is 14.4. The van der Waals surface area contributed by atoms with Crippen molar-refractivity contribution in [1.82, 2.24) is 5.32 Å². The molecule has 100 valence electrons. The molecule has 0 aliphatic heterocycles. The Balaban J connectivity index is 2.01. The second-order valence-electron chi connectivity index (χ2n) is 4.59. The highest BCUT2D eigenvalue weighted by atomic mass is 16.5. The Kier molecular flexibility index (Phi) is 7.16. The third-order valence-electron chi connectivity index (χ3n) is 3.14. The van der Waals surface area contributed by atoms with Gasteiger partial charge in [-0.2, -0.15) is 0 Å². The van der Waals surface area contributed by atoms with Gasteiger partial charge in [-0.15, -0.1) is 0 Å². The topological polar surface area (TPSA) is 84.6 Å². The molecule has 0 aromatic heterocycles. The van der Waals surface area contributed by atoms with Gasteiger partial charge in [0.1, 0.15) is 0 Å². The number of aliphatic hydroxyl groups is 1. The van der Waals surface area contributed by atoms with Crippen molar-refractivity contribution in [2.75, 3.05) is 26.4 Å². The standard InChI is InChI=1S/C12H24N2O3/c13-11-4-2-10(3-5-11)12(16)14-6-1-8-17-9-7-15/h10-11,15H,1-9,13H2,(H,14,16). The van der Waals surface area contributed by atoms with Crippen molar-refractivity contribution in [3.05, 3.63) is 0 Å². The van der Waals surface area contributed by atoms with E-state index >= 15 is 0 Å². The average molecular weight is 244 g/mol. The summed E-state index contributed by atoms with van der Waals surface area (Å²) in [5.41, 5.74) is 5.80. The minimum Gasteiger partial charge on any atom is -0.394 e. The summed E-state index contributed by atoms with van der Waals surface area (Å²) in [6.45, 7) is 1.65. The summed E-state index contributed by atoms with van der Waals surface area (Å²) in [5, 5.41) is 11.4. The highest BCUT2D eigenvalue weighted by Crippen LogP contribution is 2.22. The Morgan fingerprint density at radius 1 is 1.29 bits per heavy atom. The van der Waals surface area contributed by atoms with E-state index in [9.17, 15) is 4.79 Å². The molecule has 0 aromatic rings. The first-order valence-electron chi connectivity index (χ1n) is 6.46. The van der Waals surface area contributed by atoms with Crippen LogP contribution in [0.2, 0.25) is 0 Å². The third-order valence-corrected chi connectivity index (χ3v) is 3.14. The maximum atomic E-state index is 11.8. The van der Waals surface area contributed by atoms with E-state index in [4.69, 9.17) is 15.6 Å². The normalized spacial score (nSPS) is 24.6. The predicted octanol–water partition coefficient (Wildman–Crippen LogP) is 0.0191. The molecule has 0 unspecified atom stereocenters. The van der Waals surface area contributed by atoms with Crippen LogP contribution < -0.4 is 11.1 Å². The summed E-state index contributed by atoms with van der Waals surface area (Å²) in [6, 6.07) is 0.283. The van der Waals surface area contributed by atoms with Crippen LogP contribution in [0.25, 0.3) is 0 Å². The van der Waals surface area contributed by atoms with Crippen molar-refractivity contribution >= 4 is 5.91 Å². The molecule has 0 bridgehead atoms. The molecule has 1 aliphatic rings. The van der Waals surface area contributed by atoms with Gasteiger partial charge in [0.2, 0.25) is 5.91 Å². The zero-order valence-electron chi connectivity index (χ0n) is 10.4. The third kappa shape index (κ3) is 6.00. The van der Waals surface area contributed by atoms with Crippen molar-refractivity contribution in [2.24, 2.45) is 11.7 Å². The average Bonchev–Trinajstić information content (AvgIpc) is 2.34. The Bertz CT molecular complexity index is 216. The number of carbonyl (C=O) groups is 1. The lowest BCUT2D eigenvalue weighted by Crippen LogP contribution is -2.36. The summed E-state index contributed by atoms with van der Waals surface area (Å²) >= 11 is 0. The minimum atomic E-state index is 0.0503. The number of nitrogens with one attached hydrogen (secondary N) is 1. The fourth-order valence-electron chi connectivity index (χ4n) is 2.08. The maximum absolute atomic E-state index is 11.8. The highest BCUT2D eigenvalue weighted by Gasteiger charge is 2.23. The van der Waals surface area contributed by atoms with Crippen molar-refractivity contribution in [1.29, 1.82) is 0 Å². The number of hydrogen-bond donors (Lipinski definition) is 3. The van der Waals surface area contributed by atoms with Gasteiger partial charge in [-0.3, -0.25) is 4.79 Å². The molecule has 0 radical (unpaired) electrons. The second kappa shape index (κ2) is 8.44. The number of carbonyl (C=O) groups excluding carboxylic acids is 1. The van der Waals surface area contributed by atoms with Crippen LogP contribution in [0, 0.1) is 5.92 Å². The number of nitrogens with two attached hydrogens (primary N) is 1. The molecule has 0 aromatic carbocycles. The number of rotatable bonds is 7. The van der Waals surface area contributed by atoms with Gasteiger partial charge in [0.05, 0.1) is 13.2 Å². The fraction of sp³-hybridized carbons (Fsp3) is 0.917. The van der Waals surface area contributed by atoms with Crippen molar-refractivity contribution in [3.63, 3.8) is 0 Å². The molecule has 0 spiro atoms. The first-order chi connectivity index (χ1) is 8.24. The molecule has 0 atom stereocenters. The lowest BCUT2D eigenvalue weighted by atomic mass is 9.86. The molecule has 0 saturated heterocycles. The van der Waals surface area contributed by atoms with Gasteiger partial charge >= 0.3 is 0 Å². The van der Waals surface area contributed by atoms with Gasteiger partial charge in [0, 0.05) is 25.1 Å². The Labute approximate surface area is 103 Å². The highest BCUT2D eigenvalue weighted by molar-refractivity contribution is 5.78. The SMILES string of the molecule is NC1CCC(C(=O)NCCCOCCO)CC1. The lowest BCUT2D eigenvalue weighted by Gasteiger charge is -2.25. The van der Waals surface area contributed by atoms with E-state index in [2.05, 4.69) is 5.32 Å². The predicted molar refractivity (Wildman–Crippen MR) is 65.5 cm³/mol. The summed E-state index contributed by atoms with van der Waals surface area (Å²) in [7, 11) is 0. The number of amides is 1. The van der Waals surface area contributed by atoms with E-state index < -0.39 is 0 Å². The Morgan fingerprint density at radius 2 is 2.00 bits per heavy atom. The van der Waals surface area contributed by atoms with Crippen LogP contribution in [0.1, 0.15) is 32.1 Å². The summed E-state index contributed by atoms with van der Waals surface area (Å²) in [5.74, 6) is 0.298. The van der Waals surface area contributed by atoms with Gasteiger partial charge in [-0.05, 0) is 32.1 Å². The number of hydrogen-bond acceptors (Lipinski definition) is 4. The van der Waals surface area contributed by atoms with Crippen LogP contribution in [-0.2, 0) is 9.53 Å². The summed E-state index contributed by atoms with van der Waals surface area (Å²) in [4.78, 5) is 11.8. The summed E-state index contributed by atoms with van der Waals surface area (Å²) < 4.78 is 5.11. The molecule has 5 nitrogen and oxygen atoms in total. The largest absolute Gasteiger partial charge is 0.394 e. The molecular formula is C12H24N2O3. The minimum absolute atomic E-state index is 0.0503. The zero-order chi connectivity index (χ0) is 12.5. The van der Waals surface area contributed by atoms with Gasteiger partial charge in [0.25, 0.3) is 0 Å². The van der Waals surface area contributed by atoms with Gasteiger partial charge < -0.3 is 20.9 Å². The molecule has 1 amide bonds. The van der Waals surface area contributed by atoms with Crippen LogP contribution in [0.3, 0.4) is 0 Å². The van der Waals surface area contributed by atoms with Crippen LogP contribution in [0.15, 0.2) is 0 Å². The van der Waals surface area contributed by atoms with E-state index in [1.165, 1.54) is 0 Å². The molecule has 1 fully saturated rings.